The minimum atomic E-state index is -4.40. The average molecular weight is 356 g/mol. The van der Waals surface area contributed by atoms with Crippen LogP contribution in [0.25, 0.3) is 0 Å². The molecule has 0 radical (unpaired) electrons. The molecule has 0 spiro atoms. The molecule has 1 aliphatic rings. The van der Waals surface area contributed by atoms with Gasteiger partial charge in [-0.05, 0) is 30.7 Å². The summed E-state index contributed by atoms with van der Waals surface area (Å²) < 4.78 is 40.8. The molecule has 2 rings (SSSR count). The smallest absolute Gasteiger partial charge is 0.422 e. The summed E-state index contributed by atoms with van der Waals surface area (Å²) in [6.07, 6.45) is -0.872. The number of halogens is 3. The van der Waals surface area contributed by atoms with E-state index < -0.39 is 12.8 Å². The van der Waals surface area contributed by atoms with Crippen molar-refractivity contribution in [3.8, 4) is 5.88 Å². The van der Waals surface area contributed by atoms with E-state index in [1.165, 1.54) is 17.8 Å². The Morgan fingerprint density at radius 2 is 2.04 bits per heavy atom. The van der Waals surface area contributed by atoms with Crippen LogP contribution in [0.2, 0.25) is 0 Å². The van der Waals surface area contributed by atoms with Crippen LogP contribution in [0.1, 0.15) is 33.3 Å². The van der Waals surface area contributed by atoms with Crippen LogP contribution >= 0.6 is 0 Å². The van der Waals surface area contributed by atoms with Crippen molar-refractivity contribution in [3.05, 3.63) is 35.5 Å². The SMILES string of the molecule is CC(C)=CC1C(C(=O)NCc2ccc(OCC(F)(F)F)nc2)C1(C)C. The topological polar surface area (TPSA) is 51.2 Å². The number of carbonyl (C=O) groups excluding carboxylic acids is 1. The van der Waals surface area contributed by atoms with Gasteiger partial charge < -0.3 is 10.1 Å². The fraction of sp³-hybridized carbons (Fsp3) is 0.556. The number of aromatic nitrogens is 1. The van der Waals surface area contributed by atoms with Crippen molar-refractivity contribution >= 4 is 5.91 Å². The number of carbonyl (C=O) groups is 1. The lowest BCUT2D eigenvalue weighted by atomic mass is 10.1. The van der Waals surface area contributed by atoms with Crippen molar-refractivity contribution in [2.45, 2.75) is 40.4 Å². The predicted octanol–water partition coefficient (Wildman–Crippen LogP) is 3.88. The highest BCUT2D eigenvalue weighted by molar-refractivity contribution is 5.83. The number of nitrogens with zero attached hydrogens (tertiary/aromatic N) is 1. The summed E-state index contributed by atoms with van der Waals surface area (Å²) in [6, 6.07) is 2.95. The zero-order chi connectivity index (χ0) is 18.8. The molecule has 1 amide bonds. The first kappa shape index (κ1) is 19.3. The van der Waals surface area contributed by atoms with Gasteiger partial charge in [-0.15, -0.1) is 0 Å². The van der Waals surface area contributed by atoms with Crippen LogP contribution in [-0.2, 0) is 11.3 Å². The first-order valence-corrected chi connectivity index (χ1v) is 8.08. The van der Waals surface area contributed by atoms with Gasteiger partial charge in [0.2, 0.25) is 11.8 Å². The quantitative estimate of drug-likeness (QED) is 0.787. The molecule has 25 heavy (non-hydrogen) atoms. The van der Waals surface area contributed by atoms with Crippen LogP contribution in [0, 0.1) is 17.3 Å². The fourth-order valence-electron chi connectivity index (χ4n) is 2.90. The second-order valence-electron chi connectivity index (χ2n) is 7.20. The van der Waals surface area contributed by atoms with Gasteiger partial charge in [-0.25, -0.2) is 4.98 Å². The number of rotatable bonds is 6. The Balaban J connectivity index is 1.85. The van der Waals surface area contributed by atoms with Gasteiger partial charge in [0.25, 0.3) is 0 Å². The summed E-state index contributed by atoms with van der Waals surface area (Å²) in [5.74, 6) is 0.0442. The third-order valence-electron chi connectivity index (χ3n) is 4.35. The Bertz CT molecular complexity index is 647. The first-order chi connectivity index (χ1) is 11.5. The molecule has 1 aliphatic carbocycles. The summed E-state index contributed by atoms with van der Waals surface area (Å²) in [6.45, 7) is 7.05. The Hall–Kier alpha value is -2.05. The molecule has 2 unspecified atom stereocenters. The number of pyridine rings is 1. The van der Waals surface area contributed by atoms with E-state index in [0.29, 0.717) is 5.56 Å². The molecule has 1 aromatic heterocycles. The highest BCUT2D eigenvalue weighted by Gasteiger charge is 2.60. The lowest BCUT2D eigenvalue weighted by molar-refractivity contribution is -0.154. The number of hydrogen-bond donors (Lipinski definition) is 1. The minimum absolute atomic E-state index is 0.0232. The fourth-order valence-corrected chi connectivity index (χ4v) is 2.90. The second kappa shape index (κ2) is 7.06. The first-order valence-electron chi connectivity index (χ1n) is 8.08. The summed E-state index contributed by atoms with van der Waals surface area (Å²) in [5.41, 5.74) is 1.83. The van der Waals surface area contributed by atoms with Gasteiger partial charge in [0.15, 0.2) is 6.61 Å². The Morgan fingerprint density at radius 3 is 2.56 bits per heavy atom. The number of alkyl halides is 3. The predicted molar refractivity (Wildman–Crippen MR) is 87.8 cm³/mol. The summed E-state index contributed by atoms with van der Waals surface area (Å²) in [4.78, 5) is 16.2. The number of nitrogens with one attached hydrogen (secondary N) is 1. The van der Waals surface area contributed by atoms with E-state index in [1.807, 2.05) is 13.8 Å². The minimum Gasteiger partial charge on any atom is -0.468 e. The van der Waals surface area contributed by atoms with E-state index in [4.69, 9.17) is 0 Å². The van der Waals surface area contributed by atoms with Gasteiger partial charge in [-0.1, -0.05) is 31.6 Å². The average Bonchev–Trinajstić information content (AvgIpc) is 3.03. The van der Waals surface area contributed by atoms with E-state index in [1.54, 1.807) is 6.07 Å². The maximum absolute atomic E-state index is 12.4. The third kappa shape index (κ3) is 5.21. The van der Waals surface area contributed by atoms with Crippen LogP contribution in [0.3, 0.4) is 0 Å². The lowest BCUT2D eigenvalue weighted by Gasteiger charge is -2.09. The molecule has 0 aromatic carbocycles. The van der Waals surface area contributed by atoms with Gasteiger partial charge in [-0.2, -0.15) is 13.2 Å². The molecule has 4 nitrogen and oxygen atoms in total. The molecule has 1 aromatic rings. The number of allylic oxidation sites excluding steroid dienone is 2. The van der Waals surface area contributed by atoms with Gasteiger partial charge in [0, 0.05) is 18.8 Å². The van der Waals surface area contributed by atoms with E-state index in [0.717, 1.165) is 0 Å². The molecule has 1 N–H and O–H groups in total. The van der Waals surface area contributed by atoms with Gasteiger partial charge >= 0.3 is 6.18 Å². The van der Waals surface area contributed by atoms with Gasteiger partial charge in [0.05, 0.1) is 5.92 Å². The zero-order valence-electron chi connectivity index (χ0n) is 14.8. The van der Waals surface area contributed by atoms with Crippen molar-refractivity contribution in [1.82, 2.24) is 10.3 Å². The Kier molecular flexibility index (Phi) is 5.44. The molecule has 0 saturated heterocycles. The zero-order valence-corrected chi connectivity index (χ0v) is 14.8. The molecular weight excluding hydrogens is 333 g/mol. The van der Waals surface area contributed by atoms with Crippen molar-refractivity contribution in [3.63, 3.8) is 0 Å². The summed E-state index contributed by atoms with van der Waals surface area (Å²) >= 11 is 0. The standard InChI is InChI=1S/C18H23F3N2O2/c1-11(2)7-13-15(17(13,3)4)16(24)23-9-12-5-6-14(22-8-12)25-10-18(19,20)21/h5-8,13,15H,9-10H2,1-4H3,(H,23,24). The van der Waals surface area contributed by atoms with E-state index in [9.17, 15) is 18.0 Å². The van der Waals surface area contributed by atoms with Crippen LogP contribution in [0.4, 0.5) is 13.2 Å². The monoisotopic (exact) mass is 356 g/mol. The normalized spacial score (nSPS) is 21.4. The molecule has 0 aliphatic heterocycles. The number of hydrogen-bond acceptors (Lipinski definition) is 3. The lowest BCUT2D eigenvalue weighted by Crippen LogP contribution is -2.26. The molecule has 1 saturated carbocycles. The van der Waals surface area contributed by atoms with Crippen molar-refractivity contribution in [1.29, 1.82) is 0 Å². The Labute approximate surface area is 145 Å². The number of amides is 1. The van der Waals surface area contributed by atoms with Crippen LogP contribution in [0.5, 0.6) is 5.88 Å². The van der Waals surface area contributed by atoms with E-state index >= 15 is 0 Å². The van der Waals surface area contributed by atoms with Gasteiger partial charge in [-0.3, -0.25) is 4.79 Å². The largest absolute Gasteiger partial charge is 0.468 e. The molecule has 2 atom stereocenters. The summed E-state index contributed by atoms with van der Waals surface area (Å²) in [7, 11) is 0. The molecule has 1 heterocycles. The maximum atomic E-state index is 12.4. The molecule has 7 heteroatoms. The number of ether oxygens (including phenoxy) is 1. The van der Waals surface area contributed by atoms with Gasteiger partial charge in [0.1, 0.15) is 0 Å². The second-order valence-corrected chi connectivity index (χ2v) is 7.20. The van der Waals surface area contributed by atoms with Crippen molar-refractivity contribution in [2.24, 2.45) is 17.3 Å². The van der Waals surface area contributed by atoms with E-state index in [2.05, 4.69) is 35.0 Å². The van der Waals surface area contributed by atoms with E-state index in [-0.39, 0.29) is 35.6 Å². The van der Waals surface area contributed by atoms with Crippen LogP contribution in [-0.4, -0.2) is 23.7 Å². The third-order valence-corrected chi connectivity index (χ3v) is 4.35. The summed E-state index contributed by atoms with van der Waals surface area (Å²) in [5, 5.41) is 2.87. The molecule has 1 fully saturated rings. The molecule has 0 bridgehead atoms. The Morgan fingerprint density at radius 1 is 1.36 bits per heavy atom. The molecular formula is C18H23F3N2O2. The van der Waals surface area contributed by atoms with Crippen LogP contribution in [0.15, 0.2) is 30.0 Å². The molecule has 138 valence electrons. The van der Waals surface area contributed by atoms with Crippen LogP contribution < -0.4 is 10.1 Å². The van der Waals surface area contributed by atoms with Crippen molar-refractivity contribution < 1.29 is 22.7 Å². The highest BCUT2D eigenvalue weighted by Crippen LogP contribution is 2.59. The van der Waals surface area contributed by atoms with Crippen molar-refractivity contribution in [2.75, 3.05) is 6.61 Å². The maximum Gasteiger partial charge on any atom is 0.422 e. The highest BCUT2D eigenvalue weighted by atomic mass is 19.4.